The predicted molar refractivity (Wildman–Crippen MR) is 82.8 cm³/mol. The maximum absolute atomic E-state index is 11.3. The van der Waals surface area contributed by atoms with Gasteiger partial charge in [-0.2, -0.15) is 0 Å². The summed E-state index contributed by atoms with van der Waals surface area (Å²) in [4.78, 5) is 11.0. The van der Waals surface area contributed by atoms with Gasteiger partial charge in [0.15, 0.2) is 0 Å². The van der Waals surface area contributed by atoms with E-state index >= 15 is 0 Å². The summed E-state index contributed by atoms with van der Waals surface area (Å²) in [5, 5.41) is 17.5. The first-order chi connectivity index (χ1) is 10.1. The fourth-order valence-electron chi connectivity index (χ4n) is 2.24. The van der Waals surface area contributed by atoms with E-state index in [2.05, 4.69) is 10.6 Å². The van der Waals surface area contributed by atoms with Crippen LogP contribution in [0.2, 0.25) is 0 Å². The number of benzene rings is 1. The van der Waals surface area contributed by atoms with Crippen molar-refractivity contribution in [3.05, 3.63) is 52.5 Å². The fraction of sp³-hybridized carbons (Fsp3) is 0.333. The van der Waals surface area contributed by atoms with Gasteiger partial charge in [-0.05, 0) is 38.1 Å². The minimum absolute atomic E-state index is 0.0201. The van der Waals surface area contributed by atoms with Gasteiger partial charge < -0.3 is 15.1 Å². The van der Waals surface area contributed by atoms with E-state index in [4.69, 9.17) is 4.42 Å². The third-order valence-corrected chi connectivity index (χ3v) is 3.08. The van der Waals surface area contributed by atoms with Gasteiger partial charge in [0.25, 0.3) is 0 Å². The zero-order valence-corrected chi connectivity index (χ0v) is 12.1. The van der Waals surface area contributed by atoms with Gasteiger partial charge in [-0.25, -0.2) is 0 Å². The Hall–Kier alpha value is -2.50. The normalized spacial score (nSPS) is 11.9. The average Bonchev–Trinajstić information content (AvgIpc) is 2.91. The standard InChI is InChI=1S/C15H19N3O3/c1-3-16-13-7-4-8-14(15(13)18(19)20)17-11(2)10-12-6-5-9-21-12/h4-9,11,16-17H,3,10H2,1-2H3. The molecule has 0 radical (unpaired) electrons. The van der Waals surface area contributed by atoms with E-state index in [0.717, 1.165) is 5.76 Å². The Kier molecular flexibility index (Phi) is 4.81. The van der Waals surface area contributed by atoms with Crippen LogP contribution in [0.15, 0.2) is 41.0 Å². The van der Waals surface area contributed by atoms with Gasteiger partial charge in [0.05, 0.1) is 11.2 Å². The van der Waals surface area contributed by atoms with Crippen LogP contribution >= 0.6 is 0 Å². The highest BCUT2D eigenvalue weighted by Crippen LogP contribution is 2.33. The van der Waals surface area contributed by atoms with Crippen LogP contribution in [-0.4, -0.2) is 17.5 Å². The Bertz CT molecular complexity index is 596. The summed E-state index contributed by atoms with van der Waals surface area (Å²) in [6, 6.07) is 8.97. The molecule has 6 heteroatoms. The zero-order valence-electron chi connectivity index (χ0n) is 12.1. The molecule has 0 amide bonds. The van der Waals surface area contributed by atoms with E-state index in [1.165, 1.54) is 0 Å². The highest BCUT2D eigenvalue weighted by atomic mass is 16.6. The summed E-state index contributed by atoms with van der Waals surface area (Å²) in [7, 11) is 0. The molecule has 0 saturated carbocycles. The SMILES string of the molecule is CCNc1cccc(NC(C)Cc2ccco2)c1[N+](=O)[O-]. The molecule has 0 aliphatic heterocycles. The van der Waals surface area contributed by atoms with Crippen molar-refractivity contribution in [3.8, 4) is 0 Å². The van der Waals surface area contributed by atoms with Gasteiger partial charge in [-0.3, -0.25) is 10.1 Å². The molecular formula is C15H19N3O3. The molecule has 1 aromatic heterocycles. The smallest absolute Gasteiger partial charge is 0.315 e. The van der Waals surface area contributed by atoms with E-state index in [1.54, 1.807) is 24.5 Å². The van der Waals surface area contributed by atoms with Crippen molar-refractivity contribution in [2.75, 3.05) is 17.2 Å². The molecule has 0 bridgehead atoms. The number of hydrogen-bond donors (Lipinski definition) is 2. The van der Waals surface area contributed by atoms with Gasteiger partial charge in [-0.15, -0.1) is 0 Å². The molecule has 21 heavy (non-hydrogen) atoms. The highest BCUT2D eigenvalue weighted by Gasteiger charge is 2.20. The van der Waals surface area contributed by atoms with E-state index in [0.29, 0.717) is 24.3 Å². The number of furan rings is 1. The van der Waals surface area contributed by atoms with Gasteiger partial charge >= 0.3 is 5.69 Å². The van der Waals surface area contributed by atoms with Crippen molar-refractivity contribution in [1.82, 2.24) is 0 Å². The summed E-state index contributed by atoms with van der Waals surface area (Å²) < 4.78 is 5.30. The quantitative estimate of drug-likeness (QED) is 0.600. The number of nitrogens with one attached hydrogen (secondary N) is 2. The van der Waals surface area contributed by atoms with Crippen molar-refractivity contribution in [2.45, 2.75) is 26.3 Å². The third-order valence-electron chi connectivity index (χ3n) is 3.08. The second-order valence-corrected chi connectivity index (χ2v) is 4.82. The molecule has 6 nitrogen and oxygen atoms in total. The summed E-state index contributed by atoms with van der Waals surface area (Å²) >= 11 is 0. The van der Waals surface area contributed by atoms with Crippen LogP contribution < -0.4 is 10.6 Å². The number of rotatable bonds is 7. The van der Waals surface area contributed by atoms with Crippen LogP contribution in [0.4, 0.5) is 17.1 Å². The number of nitrogens with zero attached hydrogens (tertiary/aromatic N) is 1. The Morgan fingerprint density at radius 3 is 2.67 bits per heavy atom. The van der Waals surface area contributed by atoms with Crippen molar-refractivity contribution in [2.24, 2.45) is 0 Å². The molecule has 1 aromatic carbocycles. The van der Waals surface area contributed by atoms with E-state index in [9.17, 15) is 10.1 Å². The Morgan fingerprint density at radius 1 is 1.29 bits per heavy atom. The molecule has 0 spiro atoms. The topological polar surface area (TPSA) is 80.3 Å². The van der Waals surface area contributed by atoms with E-state index in [-0.39, 0.29) is 16.7 Å². The Morgan fingerprint density at radius 2 is 2.05 bits per heavy atom. The molecule has 1 heterocycles. The summed E-state index contributed by atoms with van der Waals surface area (Å²) in [5.74, 6) is 0.848. The molecule has 0 saturated heterocycles. The molecule has 1 unspecified atom stereocenters. The lowest BCUT2D eigenvalue weighted by Crippen LogP contribution is -2.19. The number of anilines is 2. The monoisotopic (exact) mass is 289 g/mol. The van der Waals surface area contributed by atoms with Crippen molar-refractivity contribution < 1.29 is 9.34 Å². The van der Waals surface area contributed by atoms with Gasteiger partial charge in [0.1, 0.15) is 17.1 Å². The first kappa shape index (κ1) is 14.9. The summed E-state index contributed by atoms with van der Waals surface area (Å²) in [6.45, 7) is 4.50. The van der Waals surface area contributed by atoms with Crippen LogP contribution in [-0.2, 0) is 6.42 Å². The maximum Gasteiger partial charge on any atom is 0.315 e. The Labute approximate surface area is 123 Å². The lowest BCUT2D eigenvalue weighted by Gasteiger charge is -2.15. The van der Waals surface area contributed by atoms with Crippen molar-refractivity contribution >= 4 is 17.1 Å². The number of para-hydroxylation sites is 1. The number of hydrogen-bond acceptors (Lipinski definition) is 5. The lowest BCUT2D eigenvalue weighted by molar-refractivity contribution is -0.383. The first-order valence-corrected chi connectivity index (χ1v) is 6.92. The molecule has 112 valence electrons. The fourth-order valence-corrected chi connectivity index (χ4v) is 2.24. The lowest BCUT2D eigenvalue weighted by atomic mass is 10.1. The number of nitro benzene ring substituents is 1. The summed E-state index contributed by atoms with van der Waals surface area (Å²) in [5.41, 5.74) is 1.11. The van der Waals surface area contributed by atoms with E-state index < -0.39 is 0 Å². The first-order valence-electron chi connectivity index (χ1n) is 6.92. The molecule has 0 aliphatic rings. The molecule has 1 atom stereocenters. The molecule has 2 aromatic rings. The highest BCUT2D eigenvalue weighted by molar-refractivity contribution is 5.76. The molecule has 0 fully saturated rings. The maximum atomic E-state index is 11.3. The molecule has 0 aliphatic carbocycles. The van der Waals surface area contributed by atoms with E-state index in [1.807, 2.05) is 26.0 Å². The minimum Gasteiger partial charge on any atom is -0.469 e. The summed E-state index contributed by atoms with van der Waals surface area (Å²) in [6.07, 6.45) is 2.28. The Balaban J connectivity index is 2.18. The van der Waals surface area contributed by atoms with Gasteiger partial charge in [-0.1, -0.05) is 6.07 Å². The third kappa shape index (κ3) is 3.75. The van der Waals surface area contributed by atoms with Gasteiger partial charge in [0, 0.05) is 19.0 Å². The largest absolute Gasteiger partial charge is 0.469 e. The van der Waals surface area contributed by atoms with Crippen LogP contribution in [0.25, 0.3) is 0 Å². The van der Waals surface area contributed by atoms with Crippen molar-refractivity contribution in [3.63, 3.8) is 0 Å². The van der Waals surface area contributed by atoms with Crippen LogP contribution in [0, 0.1) is 10.1 Å². The number of nitro groups is 1. The molecular weight excluding hydrogens is 270 g/mol. The minimum atomic E-state index is -0.361. The molecule has 2 rings (SSSR count). The molecule has 2 N–H and O–H groups in total. The van der Waals surface area contributed by atoms with Crippen molar-refractivity contribution in [1.29, 1.82) is 0 Å². The average molecular weight is 289 g/mol. The second kappa shape index (κ2) is 6.78. The van der Waals surface area contributed by atoms with Crippen LogP contribution in [0.1, 0.15) is 19.6 Å². The van der Waals surface area contributed by atoms with Crippen LogP contribution in [0.5, 0.6) is 0 Å². The van der Waals surface area contributed by atoms with Crippen LogP contribution in [0.3, 0.4) is 0 Å². The van der Waals surface area contributed by atoms with Gasteiger partial charge in [0.2, 0.25) is 0 Å². The predicted octanol–water partition coefficient (Wildman–Crippen LogP) is 3.66. The zero-order chi connectivity index (χ0) is 15.2. The second-order valence-electron chi connectivity index (χ2n) is 4.82.